The summed E-state index contributed by atoms with van der Waals surface area (Å²) in [6.07, 6.45) is 1.71. The molecule has 0 radical (unpaired) electrons. The van der Waals surface area contributed by atoms with E-state index in [0.717, 1.165) is 11.3 Å². The Hall–Kier alpha value is -4.04. The van der Waals surface area contributed by atoms with Gasteiger partial charge in [0, 0.05) is 11.8 Å². The standard InChI is InChI=1S/C26H20FN3O3S/c1-32-25(31)17-11-9-16(10-12-17)21-13-14-22(33-21)24-23(19-7-4-5-15-28-19)29-26(34)30(24)20-8-3-2-6-18(20)27/h2-15,23-24H,1H3,(H,29,34)/t23-,24+/m0/s1. The molecule has 1 N–H and O–H groups in total. The Morgan fingerprint density at radius 2 is 1.82 bits per heavy atom. The smallest absolute Gasteiger partial charge is 0.337 e. The predicted octanol–water partition coefficient (Wildman–Crippen LogP) is 5.44. The molecule has 1 aliphatic heterocycles. The third kappa shape index (κ3) is 3.92. The molecule has 34 heavy (non-hydrogen) atoms. The molecule has 4 aromatic rings. The van der Waals surface area contributed by atoms with Crippen LogP contribution in [0.4, 0.5) is 10.1 Å². The summed E-state index contributed by atoms with van der Waals surface area (Å²) in [5, 5.41) is 3.67. The summed E-state index contributed by atoms with van der Waals surface area (Å²) in [5.74, 6) is 0.412. The van der Waals surface area contributed by atoms with Crippen LogP contribution in [0.15, 0.2) is 89.5 Å². The average molecular weight is 474 g/mol. The molecule has 6 nitrogen and oxygen atoms in total. The van der Waals surface area contributed by atoms with Gasteiger partial charge in [0.15, 0.2) is 5.11 Å². The highest BCUT2D eigenvalue weighted by molar-refractivity contribution is 7.80. The molecular formula is C26H20FN3O3S. The number of nitrogens with one attached hydrogen (secondary N) is 1. The number of hydrogen-bond donors (Lipinski definition) is 1. The number of nitrogens with zero attached hydrogens (tertiary/aromatic N) is 2. The molecule has 1 saturated heterocycles. The van der Waals surface area contributed by atoms with Crippen LogP contribution in [0, 0.1) is 5.82 Å². The van der Waals surface area contributed by atoms with E-state index in [1.54, 1.807) is 53.6 Å². The molecule has 0 aliphatic carbocycles. The molecule has 0 saturated carbocycles. The van der Waals surface area contributed by atoms with E-state index >= 15 is 0 Å². The van der Waals surface area contributed by atoms with Gasteiger partial charge in [0.1, 0.15) is 23.4 Å². The maximum absolute atomic E-state index is 14.8. The molecule has 2 aromatic heterocycles. The SMILES string of the molecule is COC(=O)c1ccc(-c2ccc([C@@H]3[C@H](c4ccccn4)NC(=S)N3c3ccccc3F)o2)cc1. The van der Waals surface area contributed by atoms with E-state index in [2.05, 4.69) is 10.3 Å². The van der Waals surface area contributed by atoms with Crippen molar-refractivity contribution in [2.24, 2.45) is 0 Å². The first-order valence-electron chi connectivity index (χ1n) is 10.6. The minimum absolute atomic E-state index is 0.351. The van der Waals surface area contributed by atoms with Crippen LogP contribution in [0.25, 0.3) is 11.3 Å². The van der Waals surface area contributed by atoms with Crippen molar-refractivity contribution < 1.29 is 18.3 Å². The molecule has 8 heteroatoms. The van der Waals surface area contributed by atoms with Gasteiger partial charge in [-0.25, -0.2) is 9.18 Å². The van der Waals surface area contributed by atoms with E-state index in [1.165, 1.54) is 13.2 Å². The minimum atomic E-state index is -0.470. The highest BCUT2D eigenvalue weighted by Crippen LogP contribution is 2.43. The van der Waals surface area contributed by atoms with Crippen molar-refractivity contribution in [2.45, 2.75) is 12.1 Å². The molecule has 0 unspecified atom stereocenters. The topological polar surface area (TPSA) is 67.6 Å². The van der Waals surface area contributed by atoms with Crippen LogP contribution in [0.1, 0.15) is 33.9 Å². The first-order valence-corrected chi connectivity index (χ1v) is 11.0. The van der Waals surface area contributed by atoms with E-state index < -0.39 is 12.0 Å². The Kier molecular flexibility index (Phi) is 5.81. The number of hydrogen-bond acceptors (Lipinski definition) is 5. The summed E-state index contributed by atoms with van der Waals surface area (Å²) in [4.78, 5) is 18.0. The summed E-state index contributed by atoms with van der Waals surface area (Å²) < 4.78 is 25.8. The van der Waals surface area contributed by atoms with Crippen LogP contribution < -0.4 is 10.2 Å². The maximum Gasteiger partial charge on any atom is 0.337 e. The Balaban J connectivity index is 1.56. The summed E-state index contributed by atoms with van der Waals surface area (Å²) in [6, 6.07) is 21.9. The second-order valence-electron chi connectivity index (χ2n) is 7.72. The van der Waals surface area contributed by atoms with Crippen molar-refractivity contribution >= 4 is 29.0 Å². The number of para-hydroxylation sites is 1. The fraction of sp³-hybridized carbons (Fsp3) is 0.115. The van der Waals surface area contributed by atoms with Gasteiger partial charge in [-0.2, -0.15) is 0 Å². The molecule has 2 aromatic carbocycles. The molecule has 1 fully saturated rings. The number of carbonyl (C=O) groups is 1. The van der Waals surface area contributed by atoms with Crippen LogP contribution in [-0.2, 0) is 4.74 Å². The monoisotopic (exact) mass is 473 g/mol. The van der Waals surface area contributed by atoms with E-state index in [9.17, 15) is 9.18 Å². The van der Waals surface area contributed by atoms with Gasteiger partial charge in [0.05, 0.1) is 30.1 Å². The Labute approximate surface area is 201 Å². The third-order valence-corrected chi connectivity index (χ3v) is 6.03. The predicted molar refractivity (Wildman–Crippen MR) is 130 cm³/mol. The highest BCUT2D eigenvalue weighted by atomic mass is 32.1. The zero-order valence-corrected chi connectivity index (χ0v) is 19.0. The lowest BCUT2D eigenvalue weighted by atomic mass is 10.0. The summed E-state index contributed by atoms with van der Waals surface area (Å²) in [6.45, 7) is 0. The zero-order chi connectivity index (χ0) is 23.7. The molecule has 2 atom stereocenters. The lowest BCUT2D eigenvalue weighted by Crippen LogP contribution is -2.30. The maximum atomic E-state index is 14.8. The van der Waals surface area contributed by atoms with Crippen LogP contribution in [0.2, 0.25) is 0 Å². The number of pyridine rings is 1. The van der Waals surface area contributed by atoms with Gasteiger partial charge < -0.3 is 19.4 Å². The fourth-order valence-electron chi connectivity index (χ4n) is 4.11. The number of aromatic nitrogens is 1. The van der Waals surface area contributed by atoms with Crippen LogP contribution >= 0.6 is 12.2 Å². The second kappa shape index (κ2) is 9.07. The molecule has 3 heterocycles. The number of benzene rings is 2. The number of anilines is 1. The Bertz CT molecular complexity index is 1340. The van der Waals surface area contributed by atoms with E-state index in [0.29, 0.717) is 27.9 Å². The number of rotatable bonds is 5. The Morgan fingerprint density at radius 1 is 1.06 bits per heavy atom. The number of ether oxygens (including phenoxy) is 1. The zero-order valence-electron chi connectivity index (χ0n) is 18.1. The average Bonchev–Trinajstić information content (AvgIpc) is 3.49. The number of halogens is 1. The van der Waals surface area contributed by atoms with Crippen molar-refractivity contribution in [2.75, 3.05) is 12.0 Å². The minimum Gasteiger partial charge on any atom is -0.465 e. The molecule has 0 bridgehead atoms. The molecule has 170 valence electrons. The van der Waals surface area contributed by atoms with Crippen LogP contribution in [0.3, 0.4) is 0 Å². The first-order chi connectivity index (χ1) is 16.6. The van der Waals surface area contributed by atoms with Gasteiger partial charge in [0.25, 0.3) is 0 Å². The largest absolute Gasteiger partial charge is 0.465 e. The molecule has 5 rings (SSSR count). The normalized spacial score (nSPS) is 17.5. The van der Waals surface area contributed by atoms with Crippen molar-refractivity contribution in [3.63, 3.8) is 0 Å². The fourth-order valence-corrected chi connectivity index (χ4v) is 4.44. The van der Waals surface area contributed by atoms with E-state index in [-0.39, 0.29) is 11.9 Å². The second-order valence-corrected chi connectivity index (χ2v) is 8.11. The summed E-state index contributed by atoms with van der Waals surface area (Å²) >= 11 is 5.62. The van der Waals surface area contributed by atoms with Crippen molar-refractivity contribution in [1.29, 1.82) is 0 Å². The van der Waals surface area contributed by atoms with Gasteiger partial charge in [-0.3, -0.25) is 4.98 Å². The van der Waals surface area contributed by atoms with E-state index in [1.807, 2.05) is 30.3 Å². The van der Waals surface area contributed by atoms with Gasteiger partial charge in [-0.05, 0) is 60.7 Å². The van der Waals surface area contributed by atoms with Gasteiger partial charge in [0.2, 0.25) is 0 Å². The highest BCUT2D eigenvalue weighted by Gasteiger charge is 2.43. The van der Waals surface area contributed by atoms with Crippen molar-refractivity contribution in [1.82, 2.24) is 10.3 Å². The third-order valence-electron chi connectivity index (χ3n) is 5.72. The number of thiocarbonyl (C=S) groups is 1. The summed E-state index contributed by atoms with van der Waals surface area (Å²) in [5.41, 5.74) is 2.35. The molecule has 0 amide bonds. The van der Waals surface area contributed by atoms with Gasteiger partial charge in [-0.1, -0.05) is 30.3 Å². The molecule has 0 spiro atoms. The quantitative estimate of drug-likeness (QED) is 0.306. The number of carbonyl (C=O) groups excluding carboxylic acids is 1. The van der Waals surface area contributed by atoms with E-state index in [4.69, 9.17) is 21.4 Å². The van der Waals surface area contributed by atoms with Crippen LogP contribution in [-0.4, -0.2) is 23.2 Å². The lowest BCUT2D eigenvalue weighted by molar-refractivity contribution is 0.0600. The first kappa shape index (κ1) is 21.8. The number of furan rings is 1. The van der Waals surface area contributed by atoms with Gasteiger partial charge >= 0.3 is 5.97 Å². The van der Waals surface area contributed by atoms with Crippen molar-refractivity contribution in [3.8, 4) is 11.3 Å². The van der Waals surface area contributed by atoms with Crippen LogP contribution in [0.5, 0.6) is 0 Å². The summed E-state index contributed by atoms with van der Waals surface area (Å²) in [7, 11) is 1.34. The lowest BCUT2D eigenvalue weighted by Gasteiger charge is -2.26. The molecular weight excluding hydrogens is 453 g/mol. The number of esters is 1. The Morgan fingerprint density at radius 3 is 2.53 bits per heavy atom. The van der Waals surface area contributed by atoms with Crippen molar-refractivity contribution in [3.05, 3.63) is 108 Å². The van der Waals surface area contributed by atoms with Gasteiger partial charge in [-0.15, -0.1) is 0 Å². The number of methoxy groups -OCH3 is 1. The molecule has 1 aliphatic rings.